The molecule has 1 saturated heterocycles. The molecule has 1 N–H and O–H groups in total. The summed E-state index contributed by atoms with van der Waals surface area (Å²) in [6.07, 6.45) is 4.91. The minimum Gasteiger partial charge on any atom is -0.311 e. The van der Waals surface area contributed by atoms with E-state index >= 15 is 0 Å². The highest BCUT2D eigenvalue weighted by molar-refractivity contribution is 5.26. The van der Waals surface area contributed by atoms with Crippen molar-refractivity contribution < 1.29 is 0 Å². The summed E-state index contributed by atoms with van der Waals surface area (Å²) >= 11 is 0. The van der Waals surface area contributed by atoms with Crippen LogP contribution in [0.4, 0.5) is 0 Å². The highest BCUT2D eigenvalue weighted by Gasteiger charge is 2.18. The van der Waals surface area contributed by atoms with Gasteiger partial charge in [-0.15, -0.1) is 0 Å². The van der Waals surface area contributed by atoms with E-state index in [1.165, 1.54) is 43.5 Å². The molecule has 1 aromatic carbocycles. The number of nitrogens with zero attached hydrogens (tertiary/aromatic N) is 1. The molecule has 2 rings (SSSR count). The van der Waals surface area contributed by atoms with Crippen molar-refractivity contribution in [2.24, 2.45) is 0 Å². The zero-order valence-electron chi connectivity index (χ0n) is 13.4. The molecule has 112 valence electrons. The Morgan fingerprint density at radius 2 is 1.80 bits per heavy atom. The second-order valence-corrected chi connectivity index (χ2v) is 6.15. The molecule has 2 nitrogen and oxygen atoms in total. The van der Waals surface area contributed by atoms with Crippen LogP contribution in [0.25, 0.3) is 0 Å². The van der Waals surface area contributed by atoms with Gasteiger partial charge in [0.1, 0.15) is 0 Å². The van der Waals surface area contributed by atoms with Crippen molar-refractivity contribution in [2.75, 3.05) is 13.1 Å². The third-order valence-electron chi connectivity index (χ3n) is 4.58. The Balaban J connectivity index is 2.00. The Morgan fingerprint density at radius 3 is 2.50 bits per heavy atom. The predicted molar refractivity (Wildman–Crippen MR) is 87.0 cm³/mol. The Kier molecular flexibility index (Phi) is 6.06. The molecule has 1 heterocycles. The van der Waals surface area contributed by atoms with E-state index in [1.807, 2.05) is 0 Å². The maximum Gasteiger partial charge on any atom is 0.0236 e. The zero-order valence-corrected chi connectivity index (χ0v) is 13.4. The van der Waals surface area contributed by atoms with Gasteiger partial charge in [-0.25, -0.2) is 0 Å². The molecule has 0 saturated carbocycles. The van der Waals surface area contributed by atoms with Crippen molar-refractivity contribution in [3.05, 3.63) is 35.4 Å². The summed E-state index contributed by atoms with van der Waals surface area (Å²) in [5.74, 6) is 0. The summed E-state index contributed by atoms with van der Waals surface area (Å²) in [4.78, 5) is 2.65. The molecule has 0 spiro atoms. The fourth-order valence-electron chi connectivity index (χ4n) is 3.17. The molecule has 0 aliphatic carbocycles. The molecule has 2 unspecified atom stereocenters. The standard InChI is InChI=1S/C18H30N2/c1-4-16-8-6-7-9-17(16)14-20-12-10-15(3)19-18(5-2)11-13-20/h6-9,15,18-19H,4-5,10-14H2,1-3H3. The van der Waals surface area contributed by atoms with Gasteiger partial charge in [0.2, 0.25) is 0 Å². The van der Waals surface area contributed by atoms with Crippen LogP contribution in [0.3, 0.4) is 0 Å². The largest absolute Gasteiger partial charge is 0.311 e. The van der Waals surface area contributed by atoms with E-state index in [4.69, 9.17) is 0 Å². The van der Waals surface area contributed by atoms with Crippen LogP contribution >= 0.6 is 0 Å². The van der Waals surface area contributed by atoms with Crippen LogP contribution in [0.2, 0.25) is 0 Å². The highest BCUT2D eigenvalue weighted by Crippen LogP contribution is 2.15. The summed E-state index contributed by atoms with van der Waals surface area (Å²) in [6, 6.07) is 10.2. The van der Waals surface area contributed by atoms with Gasteiger partial charge in [0.25, 0.3) is 0 Å². The quantitative estimate of drug-likeness (QED) is 0.902. The minimum atomic E-state index is 0.643. The fraction of sp³-hybridized carbons (Fsp3) is 0.667. The number of rotatable bonds is 4. The van der Waals surface area contributed by atoms with Crippen LogP contribution in [0.5, 0.6) is 0 Å². The van der Waals surface area contributed by atoms with Gasteiger partial charge < -0.3 is 5.32 Å². The van der Waals surface area contributed by atoms with Crippen molar-refractivity contribution in [3.8, 4) is 0 Å². The van der Waals surface area contributed by atoms with Gasteiger partial charge in [0.15, 0.2) is 0 Å². The second kappa shape index (κ2) is 7.80. The van der Waals surface area contributed by atoms with E-state index in [9.17, 15) is 0 Å². The molecule has 0 radical (unpaired) electrons. The second-order valence-electron chi connectivity index (χ2n) is 6.15. The first-order valence-corrected chi connectivity index (χ1v) is 8.28. The molecule has 0 bridgehead atoms. The van der Waals surface area contributed by atoms with Crippen LogP contribution < -0.4 is 5.32 Å². The van der Waals surface area contributed by atoms with Gasteiger partial charge in [-0.05, 0) is 56.8 Å². The molecule has 2 atom stereocenters. The summed E-state index contributed by atoms with van der Waals surface area (Å²) in [5, 5.41) is 3.75. The SMILES string of the molecule is CCc1ccccc1CN1CCC(C)NC(CC)CC1. The number of hydrogen-bond donors (Lipinski definition) is 1. The van der Waals surface area contributed by atoms with Crippen LogP contribution in [0.1, 0.15) is 51.2 Å². The topological polar surface area (TPSA) is 15.3 Å². The third-order valence-corrected chi connectivity index (χ3v) is 4.58. The van der Waals surface area contributed by atoms with E-state index in [0.29, 0.717) is 12.1 Å². The lowest BCUT2D eigenvalue weighted by atomic mass is 10.0. The molecular weight excluding hydrogens is 244 g/mol. The van der Waals surface area contributed by atoms with Gasteiger partial charge in [-0.3, -0.25) is 4.90 Å². The van der Waals surface area contributed by atoms with Gasteiger partial charge in [-0.2, -0.15) is 0 Å². The van der Waals surface area contributed by atoms with Gasteiger partial charge in [-0.1, -0.05) is 38.1 Å². The Labute approximate surface area is 124 Å². The monoisotopic (exact) mass is 274 g/mol. The van der Waals surface area contributed by atoms with E-state index in [0.717, 1.165) is 13.0 Å². The fourth-order valence-corrected chi connectivity index (χ4v) is 3.17. The highest BCUT2D eigenvalue weighted by atomic mass is 15.1. The Bertz CT molecular complexity index is 402. The average Bonchev–Trinajstić information content (AvgIpc) is 2.46. The summed E-state index contributed by atoms with van der Waals surface area (Å²) in [6.45, 7) is 10.4. The van der Waals surface area contributed by atoms with Crippen molar-refractivity contribution in [1.29, 1.82) is 0 Å². The first kappa shape index (κ1) is 15.5. The van der Waals surface area contributed by atoms with Gasteiger partial charge >= 0.3 is 0 Å². The Hall–Kier alpha value is -0.860. The number of hydrogen-bond acceptors (Lipinski definition) is 2. The molecule has 2 heteroatoms. The maximum atomic E-state index is 3.75. The lowest BCUT2D eigenvalue weighted by molar-refractivity contribution is 0.205. The third kappa shape index (κ3) is 4.32. The van der Waals surface area contributed by atoms with Crippen LogP contribution in [0, 0.1) is 0 Å². The van der Waals surface area contributed by atoms with Gasteiger partial charge in [0, 0.05) is 18.6 Å². The maximum absolute atomic E-state index is 3.75. The van der Waals surface area contributed by atoms with E-state index < -0.39 is 0 Å². The molecule has 1 aromatic rings. The van der Waals surface area contributed by atoms with Crippen LogP contribution in [-0.4, -0.2) is 30.1 Å². The molecule has 1 aliphatic rings. The van der Waals surface area contributed by atoms with Crippen molar-refractivity contribution >= 4 is 0 Å². The van der Waals surface area contributed by atoms with Crippen molar-refractivity contribution in [3.63, 3.8) is 0 Å². The minimum absolute atomic E-state index is 0.643. The molecule has 0 amide bonds. The number of aryl methyl sites for hydroxylation is 1. The van der Waals surface area contributed by atoms with Crippen LogP contribution in [-0.2, 0) is 13.0 Å². The van der Waals surface area contributed by atoms with Crippen LogP contribution in [0.15, 0.2) is 24.3 Å². The predicted octanol–water partition coefficient (Wildman–Crippen LogP) is 3.60. The molecule has 20 heavy (non-hydrogen) atoms. The van der Waals surface area contributed by atoms with E-state index in [-0.39, 0.29) is 0 Å². The number of benzene rings is 1. The lowest BCUT2D eigenvalue weighted by Crippen LogP contribution is -2.43. The van der Waals surface area contributed by atoms with Gasteiger partial charge in [0.05, 0.1) is 0 Å². The van der Waals surface area contributed by atoms with E-state index in [1.54, 1.807) is 0 Å². The first-order chi connectivity index (χ1) is 9.72. The molecule has 0 aromatic heterocycles. The zero-order chi connectivity index (χ0) is 14.4. The molecular formula is C18H30N2. The first-order valence-electron chi connectivity index (χ1n) is 8.28. The molecule has 1 aliphatic heterocycles. The summed E-state index contributed by atoms with van der Waals surface area (Å²) < 4.78 is 0. The lowest BCUT2D eigenvalue weighted by Gasteiger charge is -2.32. The van der Waals surface area contributed by atoms with E-state index in [2.05, 4.69) is 55.3 Å². The number of nitrogens with one attached hydrogen (secondary N) is 1. The molecule has 1 fully saturated rings. The smallest absolute Gasteiger partial charge is 0.0236 e. The average molecular weight is 274 g/mol. The normalized spacial score (nSPS) is 25.1. The van der Waals surface area contributed by atoms with Crippen molar-refractivity contribution in [2.45, 2.75) is 65.1 Å². The Morgan fingerprint density at radius 1 is 1.10 bits per heavy atom. The summed E-state index contributed by atoms with van der Waals surface area (Å²) in [7, 11) is 0. The van der Waals surface area contributed by atoms with Crippen molar-refractivity contribution in [1.82, 2.24) is 10.2 Å². The summed E-state index contributed by atoms with van der Waals surface area (Å²) in [5.41, 5.74) is 3.03.